The maximum atomic E-state index is 11.4. The van der Waals surface area contributed by atoms with E-state index < -0.39 is 16.9 Å². The zero-order valence-corrected chi connectivity index (χ0v) is 10.7. The molecular formula is C11H12ClN3O4. The molecule has 1 fully saturated rings. The van der Waals surface area contributed by atoms with Crippen molar-refractivity contribution in [3.63, 3.8) is 0 Å². The van der Waals surface area contributed by atoms with Crippen LogP contribution in [-0.2, 0) is 9.53 Å². The predicted molar refractivity (Wildman–Crippen MR) is 69.3 cm³/mol. The number of para-hydroxylation sites is 1. The minimum Gasteiger partial charge on any atom is -0.377 e. The molecule has 0 radical (unpaired) electrons. The van der Waals surface area contributed by atoms with Crippen LogP contribution in [0.4, 0.5) is 11.4 Å². The van der Waals surface area contributed by atoms with Crippen LogP contribution in [0.25, 0.3) is 0 Å². The number of carbonyl (C=O) groups is 1. The minimum atomic E-state index is -0.731. The van der Waals surface area contributed by atoms with Crippen LogP contribution >= 0.6 is 11.6 Å². The van der Waals surface area contributed by atoms with Crippen LogP contribution in [0.3, 0.4) is 0 Å². The second kappa shape index (κ2) is 5.41. The third-order valence-electron chi connectivity index (χ3n) is 2.91. The Labute approximate surface area is 114 Å². The molecule has 1 aromatic carbocycles. The number of anilines is 1. The number of primary amides is 1. The number of nitro groups is 1. The lowest BCUT2D eigenvalue weighted by atomic mass is 10.1. The number of ether oxygens (including phenoxy) is 1. The van der Waals surface area contributed by atoms with Gasteiger partial charge in [-0.15, -0.1) is 0 Å². The minimum absolute atomic E-state index is 0.0252. The van der Waals surface area contributed by atoms with Crippen LogP contribution in [0, 0.1) is 10.1 Å². The average molecular weight is 286 g/mol. The van der Waals surface area contributed by atoms with Crippen molar-refractivity contribution in [2.24, 2.45) is 5.73 Å². The second-order valence-corrected chi connectivity index (χ2v) is 4.46. The van der Waals surface area contributed by atoms with Gasteiger partial charge in [-0.2, -0.15) is 0 Å². The second-order valence-electron chi connectivity index (χ2n) is 4.05. The SMILES string of the molecule is NC(=O)C1COCCN1c1cccc(Cl)c1[N+](=O)[O-]. The van der Waals surface area contributed by atoms with Crippen molar-refractivity contribution in [3.05, 3.63) is 33.3 Å². The lowest BCUT2D eigenvalue weighted by molar-refractivity contribution is -0.384. The monoisotopic (exact) mass is 285 g/mol. The molecule has 0 saturated carbocycles. The normalized spacial score (nSPS) is 19.2. The third kappa shape index (κ3) is 2.61. The molecule has 0 aromatic heterocycles. The highest BCUT2D eigenvalue weighted by molar-refractivity contribution is 6.33. The molecule has 7 nitrogen and oxygen atoms in total. The molecule has 1 atom stereocenters. The van der Waals surface area contributed by atoms with E-state index in [0.717, 1.165) is 0 Å². The van der Waals surface area contributed by atoms with Crippen molar-refractivity contribution in [1.82, 2.24) is 0 Å². The Balaban J connectivity index is 2.47. The molecule has 102 valence electrons. The van der Waals surface area contributed by atoms with Gasteiger partial charge in [0.2, 0.25) is 5.91 Å². The molecule has 19 heavy (non-hydrogen) atoms. The van der Waals surface area contributed by atoms with Gasteiger partial charge < -0.3 is 15.4 Å². The quantitative estimate of drug-likeness (QED) is 0.658. The summed E-state index contributed by atoms with van der Waals surface area (Å²) in [6.07, 6.45) is 0. The highest BCUT2D eigenvalue weighted by Crippen LogP contribution is 2.36. The van der Waals surface area contributed by atoms with Gasteiger partial charge in [0.15, 0.2) is 0 Å². The molecule has 0 bridgehead atoms. The number of benzene rings is 1. The lowest BCUT2D eigenvalue weighted by Gasteiger charge is -2.34. The molecule has 1 aliphatic rings. The Bertz CT molecular complexity index is 523. The van der Waals surface area contributed by atoms with Crippen molar-refractivity contribution in [1.29, 1.82) is 0 Å². The molecule has 1 unspecified atom stereocenters. The fourth-order valence-electron chi connectivity index (χ4n) is 2.04. The Kier molecular flexibility index (Phi) is 3.87. The first-order chi connectivity index (χ1) is 9.02. The Hall–Kier alpha value is -1.86. The van der Waals surface area contributed by atoms with Gasteiger partial charge in [-0.05, 0) is 12.1 Å². The number of rotatable bonds is 3. The van der Waals surface area contributed by atoms with E-state index in [2.05, 4.69) is 0 Å². The molecule has 1 heterocycles. The summed E-state index contributed by atoms with van der Waals surface area (Å²) in [5, 5.41) is 11.1. The van der Waals surface area contributed by atoms with Crippen LogP contribution < -0.4 is 10.6 Å². The zero-order valence-electron chi connectivity index (χ0n) is 9.91. The molecule has 8 heteroatoms. The predicted octanol–water partition coefficient (Wildman–Crippen LogP) is 0.939. The van der Waals surface area contributed by atoms with Crippen LogP contribution in [0.5, 0.6) is 0 Å². The first kappa shape index (κ1) is 13.6. The van der Waals surface area contributed by atoms with Crippen molar-refractivity contribution in [3.8, 4) is 0 Å². The molecule has 2 rings (SSSR count). The summed E-state index contributed by atoms with van der Waals surface area (Å²) in [6, 6.07) is 3.85. The van der Waals surface area contributed by atoms with Crippen molar-refractivity contribution >= 4 is 28.9 Å². The summed E-state index contributed by atoms with van der Waals surface area (Å²) < 4.78 is 5.18. The molecule has 1 amide bonds. The summed E-state index contributed by atoms with van der Waals surface area (Å²) in [4.78, 5) is 23.5. The number of morpholine rings is 1. The number of hydrogen-bond donors (Lipinski definition) is 1. The van der Waals surface area contributed by atoms with E-state index in [4.69, 9.17) is 22.1 Å². The fourth-order valence-corrected chi connectivity index (χ4v) is 2.28. The summed E-state index contributed by atoms with van der Waals surface area (Å²) in [5.74, 6) is -0.589. The van der Waals surface area contributed by atoms with Gasteiger partial charge in [-0.3, -0.25) is 14.9 Å². The van der Waals surface area contributed by atoms with Crippen LogP contribution in [0.2, 0.25) is 5.02 Å². The number of nitrogens with two attached hydrogens (primary N) is 1. The number of nitrogens with zero attached hydrogens (tertiary/aromatic N) is 2. The number of nitro benzene ring substituents is 1. The average Bonchev–Trinajstić information content (AvgIpc) is 2.37. The molecule has 2 N–H and O–H groups in total. The van der Waals surface area contributed by atoms with Gasteiger partial charge >= 0.3 is 5.69 Å². The van der Waals surface area contributed by atoms with E-state index in [1.807, 2.05) is 0 Å². The van der Waals surface area contributed by atoms with Crippen LogP contribution in [0.1, 0.15) is 0 Å². The highest BCUT2D eigenvalue weighted by Gasteiger charge is 2.33. The van der Waals surface area contributed by atoms with Gasteiger partial charge in [0, 0.05) is 6.54 Å². The molecule has 0 aliphatic carbocycles. The van der Waals surface area contributed by atoms with E-state index >= 15 is 0 Å². The standard InChI is InChI=1S/C11H12ClN3O4/c12-7-2-1-3-8(10(7)15(17)18)14-4-5-19-6-9(14)11(13)16/h1-3,9H,4-6H2,(H2,13,16). The maximum absolute atomic E-state index is 11.4. The first-order valence-corrected chi connectivity index (χ1v) is 5.96. The largest absolute Gasteiger partial charge is 0.377 e. The van der Waals surface area contributed by atoms with Crippen molar-refractivity contribution in [2.45, 2.75) is 6.04 Å². The maximum Gasteiger partial charge on any atom is 0.310 e. The Morgan fingerprint density at radius 2 is 2.32 bits per heavy atom. The van der Waals surface area contributed by atoms with Gasteiger partial charge in [-0.1, -0.05) is 17.7 Å². The fraction of sp³-hybridized carbons (Fsp3) is 0.364. The molecule has 1 aliphatic heterocycles. The number of halogens is 1. The lowest BCUT2D eigenvalue weighted by Crippen LogP contribution is -2.52. The number of hydrogen-bond acceptors (Lipinski definition) is 5. The van der Waals surface area contributed by atoms with Gasteiger partial charge in [0.1, 0.15) is 16.8 Å². The van der Waals surface area contributed by atoms with Crippen LogP contribution in [0.15, 0.2) is 18.2 Å². The third-order valence-corrected chi connectivity index (χ3v) is 3.22. The zero-order chi connectivity index (χ0) is 14.0. The Morgan fingerprint density at radius 1 is 1.58 bits per heavy atom. The topological polar surface area (TPSA) is 98.7 Å². The van der Waals surface area contributed by atoms with Gasteiger partial charge in [0.25, 0.3) is 0 Å². The summed E-state index contributed by atoms with van der Waals surface area (Å²) in [6.45, 7) is 0.821. The summed E-state index contributed by atoms with van der Waals surface area (Å²) in [5.41, 5.74) is 5.35. The van der Waals surface area contributed by atoms with E-state index in [-0.39, 0.29) is 23.0 Å². The van der Waals surface area contributed by atoms with E-state index in [0.29, 0.717) is 13.2 Å². The van der Waals surface area contributed by atoms with E-state index in [1.165, 1.54) is 6.07 Å². The van der Waals surface area contributed by atoms with Gasteiger partial charge in [-0.25, -0.2) is 0 Å². The molecule has 1 saturated heterocycles. The molecular weight excluding hydrogens is 274 g/mol. The number of amides is 1. The van der Waals surface area contributed by atoms with Crippen LogP contribution in [-0.4, -0.2) is 36.6 Å². The smallest absolute Gasteiger partial charge is 0.310 e. The van der Waals surface area contributed by atoms with Gasteiger partial charge in [0.05, 0.1) is 18.1 Å². The highest BCUT2D eigenvalue weighted by atomic mass is 35.5. The molecule has 0 spiro atoms. The summed E-state index contributed by atoms with van der Waals surface area (Å²) >= 11 is 5.86. The molecule has 1 aromatic rings. The summed E-state index contributed by atoms with van der Waals surface area (Å²) in [7, 11) is 0. The van der Waals surface area contributed by atoms with E-state index in [1.54, 1.807) is 17.0 Å². The number of carbonyl (C=O) groups excluding carboxylic acids is 1. The first-order valence-electron chi connectivity index (χ1n) is 5.59. The van der Waals surface area contributed by atoms with Crippen molar-refractivity contribution in [2.75, 3.05) is 24.7 Å². The van der Waals surface area contributed by atoms with Crippen molar-refractivity contribution < 1.29 is 14.5 Å². The van der Waals surface area contributed by atoms with E-state index in [9.17, 15) is 14.9 Å². The Morgan fingerprint density at radius 3 is 2.95 bits per heavy atom.